The summed E-state index contributed by atoms with van der Waals surface area (Å²) in [5.74, 6) is 0.931. The fraction of sp³-hybridized carbons (Fsp3) is 0.833. The van der Waals surface area contributed by atoms with Gasteiger partial charge in [-0.15, -0.1) is 0 Å². The van der Waals surface area contributed by atoms with E-state index >= 15 is 0 Å². The van der Waals surface area contributed by atoms with E-state index in [1.165, 1.54) is 38.5 Å². The van der Waals surface area contributed by atoms with Gasteiger partial charge in [-0.25, -0.2) is 0 Å². The smallest absolute Gasteiger partial charge is 0.0152 e. The maximum atomic E-state index is 2.51. The summed E-state index contributed by atoms with van der Waals surface area (Å²) in [5, 5.41) is 0. The van der Waals surface area contributed by atoms with Gasteiger partial charge in [0.05, 0.1) is 0 Å². The van der Waals surface area contributed by atoms with Crippen LogP contribution in [0.4, 0.5) is 0 Å². The minimum Gasteiger partial charge on any atom is -0.0853 e. The van der Waals surface area contributed by atoms with E-state index in [0.717, 1.165) is 5.92 Å². The lowest BCUT2D eigenvalue weighted by atomic mass is 9.60. The first-order valence-corrected chi connectivity index (χ1v) is 5.39. The van der Waals surface area contributed by atoms with Crippen LogP contribution in [0, 0.1) is 11.3 Å². The molecule has 1 saturated carbocycles. The molecule has 2 aliphatic rings. The average molecular weight is 164 g/mol. The van der Waals surface area contributed by atoms with E-state index in [9.17, 15) is 0 Å². The second kappa shape index (κ2) is 2.90. The van der Waals surface area contributed by atoms with E-state index < -0.39 is 0 Å². The van der Waals surface area contributed by atoms with Gasteiger partial charge in [0.15, 0.2) is 0 Å². The van der Waals surface area contributed by atoms with Crippen molar-refractivity contribution in [3.63, 3.8) is 0 Å². The Labute approximate surface area is 76.1 Å². The highest BCUT2D eigenvalue weighted by Gasteiger charge is 2.38. The van der Waals surface area contributed by atoms with Crippen molar-refractivity contribution in [1.29, 1.82) is 0 Å². The van der Waals surface area contributed by atoms with Gasteiger partial charge in [-0.2, -0.15) is 0 Å². The van der Waals surface area contributed by atoms with Crippen molar-refractivity contribution in [3.8, 4) is 0 Å². The molecule has 0 aromatic heterocycles. The lowest BCUT2D eigenvalue weighted by Gasteiger charge is -2.45. The highest BCUT2D eigenvalue weighted by molar-refractivity contribution is 5.13. The van der Waals surface area contributed by atoms with Gasteiger partial charge in [0.25, 0.3) is 0 Å². The molecule has 0 aliphatic heterocycles. The highest BCUT2D eigenvalue weighted by Crippen LogP contribution is 2.50. The summed E-state index contributed by atoms with van der Waals surface area (Å²) in [6.45, 7) is 4.85. The molecule has 0 spiro atoms. The van der Waals surface area contributed by atoms with Gasteiger partial charge in [0, 0.05) is 0 Å². The summed E-state index contributed by atoms with van der Waals surface area (Å²) >= 11 is 0. The lowest BCUT2D eigenvalue weighted by Crippen LogP contribution is -2.33. The Balaban J connectivity index is 2.23. The quantitative estimate of drug-likeness (QED) is 0.476. The Morgan fingerprint density at radius 1 is 1.33 bits per heavy atom. The lowest BCUT2D eigenvalue weighted by molar-refractivity contribution is 0.122. The normalized spacial score (nSPS) is 41.8. The standard InChI is InChI=1S/C12H20/c1-10-6-5-9-12(2)8-4-3-7-11(10)12/h6,11H,3-5,7-9H2,1-2H3. The largest absolute Gasteiger partial charge is 0.0853 e. The van der Waals surface area contributed by atoms with Crippen LogP contribution < -0.4 is 0 Å². The maximum Gasteiger partial charge on any atom is -0.0152 e. The van der Waals surface area contributed by atoms with Crippen molar-refractivity contribution in [2.75, 3.05) is 0 Å². The number of hydrogen-bond acceptors (Lipinski definition) is 0. The minimum atomic E-state index is 0.678. The molecule has 0 radical (unpaired) electrons. The van der Waals surface area contributed by atoms with Gasteiger partial charge < -0.3 is 0 Å². The molecule has 0 heteroatoms. The Hall–Kier alpha value is -0.260. The van der Waals surface area contributed by atoms with Gasteiger partial charge in [-0.1, -0.05) is 31.4 Å². The van der Waals surface area contributed by atoms with E-state index in [2.05, 4.69) is 19.9 Å². The van der Waals surface area contributed by atoms with E-state index in [1.54, 1.807) is 5.57 Å². The van der Waals surface area contributed by atoms with E-state index in [0.29, 0.717) is 5.41 Å². The van der Waals surface area contributed by atoms with Crippen LogP contribution >= 0.6 is 0 Å². The summed E-state index contributed by atoms with van der Waals surface area (Å²) in [4.78, 5) is 0. The fourth-order valence-electron chi connectivity index (χ4n) is 3.25. The van der Waals surface area contributed by atoms with Crippen LogP contribution in [0.3, 0.4) is 0 Å². The van der Waals surface area contributed by atoms with Crippen molar-refractivity contribution >= 4 is 0 Å². The third kappa shape index (κ3) is 1.22. The summed E-state index contributed by atoms with van der Waals surface area (Å²) < 4.78 is 0. The first-order chi connectivity index (χ1) is 5.72. The molecule has 0 heterocycles. The summed E-state index contributed by atoms with van der Waals surface area (Å²) in [6.07, 6.45) is 11.1. The second-order valence-electron chi connectivity index (χ2n) is 4.94. The van der Waals surface area contributed by atoms with Gasteiger partial charge in [0.2, 0.25) is 0 Å². The summed E-state index contributed by atoms with van der Waals surface area (Å²) in [7, 11) is 0. The molecule has 0 N–H and O–H groups in total. The van der Waals surface area contributed by atoms with Crippen molar-refractivity contribution in [3.05, 3.63) is 11.6 Å². The third-order valence-electron chi connectivity index (χ3n) is 4.06. The molecule has 1 fully saturated rings. The van der Waals surface area contributed by atoms with Crippen LogP contribution in [-0.2, 0) is 0 Å². The average Bonchev–Trinajstić information content (AvgIpc) is 2.04. The molecule has 2 unspecified atom stereocenters. The van der Waals surface area contributed by atoms with Crippen LogP contribution in [0.25, 0.3) is 0 Å². The molecule has 0 nitrogen and oxygen atoms in total. The minimum absolute atomic E-state index is 0.678. The SMILES string of the molecule is CC1=CCCC2(C)CCCCC12. The first-order valence-electron chi connectivity index (χ1n) is 5.39. The predicted octanol–water partition coefficient (Wildman–Crippen LogP) is 3.92. The third-order valence-corrected chi connectivity index (χ3v) is 4.06. The van der Waals surface area contributed by atoms with Gasteiger partial charge in [-0.3, -0.25) is 0 Å². The molecule has 0 saturated heterocycles. The van der Waals surface area contributed by atoms with Crippen LogP contribution in [0.5, 0.6) is 0 Å². The zero-order valence-electron chi connectivity index (χ0n) is 8.40. The molecule has 68 valence electrons. The topological polar surface area (TPSA) is 0 Å². The Morgan fingerprint density at radius 2 is 2.17 bits per heavy atom. The maximum absolute atomic E-state index is 2.51. The number of allylic oxidation sites excluding steroid dienone is 2. The van der Waals surface area contributed by atoms with E-state index in [-0.39, 0.29) is 0 Å². The Morgan fingerprint density at radius 3 is 2.92 bits per heavy atom. The zero-order valence-corrected chi connectivity index (χ0v) is 8.40. The van der Waals surface area contributed by atoms with Crippen molar-refractivity contribution in [2.24, 2.45) is 11.3 Å². The molecular weight excluding hydrogens is 144 g/mol. The molecular formula is C12H20. The summed E-state index contributed by atoms with van der Waals surface area (Å²) in [5.41, 5.74) is 2.36. The van der Waals surface area contributed by atoms with Crippen LogP contribution in [-0.4, -0.2) is 0 Å². The van der Waals surface area contributed by atoms with Crippen molar-refractivity contribution in [1.82, 2.24) is 0 Å². The van der Waals surface area contributed by atoms with Gasteiger partial charge in [-0.05, 0) is 43.9 Å². The molecule has 12 heavy (non-hydrogen) atoms. The first kappa shape index (κ1) is 8.34. The van der Waals surface area contributed by atoms with Crippen LogP contribution in [0.2, 0.25) is 0 Å². The molecule has 2 atom stereocenters. The predicted molar refractivity (Wildman–Crippen MR) is 53.1 cm³/mol. The number of rotatable bonds is 0. The molecule has 0 amide bonds. The van der Waals surface area contributed by atoms with Crippen molar-refractivity contribution in [2.45, 2.75) is 52.4 Å². The van der Waals surface area contributed by atoms with E-state index in [4.69, 9.17) is 0 Å². The van der Waals surface area contributed by atoms with E-state index in [1.807, 2.05) is 0 Å². The fourth-order valence-corrected chi connectivity index (χ4v) is 3.25. The zero-order chi connectivity index (χ0) is 8.60. The van der Waals surface area contributed by atoms with Gasteiger partial charge >= 0.3 is 0 Å². The molecule has 0 aromatic rings. The van der Waals surface area contributed by atoms with Crippen LogP contribution in [0.15, 0.2) is 11.6 Å². The van der Waals surface area contributed by atoms with Gasteiger partial charge in [0.1, 0.15) is 0 Å². The highest BCUT2D eigenvalue weighted by atomic mass is 14.4. The summed E-state index contributed by atoms with van der Waals surface area (Å²) in [6, 6.07) is 0. The molecule has 0 bridgehead atoms. The molecule has 0 aromatic carbocycles. The van der Waals surface area contributed by atoms with Crippen molar-refractivity contribution < 1.29 is 0 Å². The number of fused-ring (bicyclic) bond motifs is 1. The second-order valence-corrected chi connectivity index (χ2v) is 4.94. The monoisotopic (exact) mass is 164 g/mol. The Kier molecular flexibility index (Phi) is 2.02. The Bertz CT molecular complexity index is 202. The number of hydrogen-bond donors (Lipinski definition) is 0. The van der Waals surface area contributed by atoms with Crippen LogP contribution in [0.1, 0.15) is 52.4 Å². The molecule has 2 rings (SSSR count). The molecule has 2 aliphatic carbocycles.